The molecular weight excluding hydrogens is 298 g/mol. The number of benzene rings is 1. The highest BCUT2D eigenvalue weighted by Gasteiger charge is 2.58. The van der Waals surface area contributed by atoms with E-state index in [1.807, 2.05) is 0 Å². The first-order chi connectivity index (χ1) is 9.75. The summed E-state index contributed by atoms with van der Waals surface area (Å²) in [5.74, 6) is -2.31. The molecule has 2 aliphatic rings. The Morgan fingerprint density at radius 1 is 1.38 bits per heavy atom. The summed E-state index contributed by atoms with van der Waals surface area (Å²) < 4.78 is 10.7. The minimum absolute atomic E-state index is 0.232. The number of hydrogen-bond donors (Lipinski definition) is 2. The molecule has 0 aliphatic carbocycles. The number of carbonyl (C=O) groups excluding carboxylic acids is 2. The number of rotatable bonds is 1. The highest BCUT2D eigenvalue weighted by Crippen LogP contribution is 2.44. The van der Waals surface area contributed by atoms with Crippen molar-refractivity contribution in [1.82, 2.24) is 0 Å². The molecule has 0 aromatic heterocycles. The maximum absolute atomic E-state index is 12.3. The smallest absolute Gasteiger partial charge is 0.264 e. The fourth-order valence-corrected chi connectivity index (χ4v) is 2.80. The lowest BCUT2D eigenvalue weighted by atomic mass is 9.86. The number of hydrogen-bond acceptors (Lipinski definition) is 5. The van der Waals surface area contributed by atoms with Gasteiger partial charge in [0.2, 0.25) is 5.60 Å². The van der Waals surface area contributed by atoms with Crippen LogP contribution < -0.4 is 5.32 Å². The first-order valence-electron chi connectivity index (χ1n) is 6.43. The molecule has 0 bridgehead atoms. The molecule has 1 saturated heterocycles. The predicted molar refractivity (Wildman–Crippen MR) is 73.9 cm³/mol. The van der Waals surface area contributed by atoms with Gasteiger partial charge in [-0.15, -0.1) is 0 Å². The van der Waals surface area contributed by atoms with Gasteiger partial charge >= 0.3 is 0 Å². The summed E-state index contributed by atoms with van der Waals surface area (Å²) in [5.41, 5.74) is -1.58. The predicted octanol–water partition coefficient (Wildman–Crippen LogP) is 1.20. The zero-order chi connectivity index (χ0) is 15.4. The van der Waals surface area contributed by atoms with Crippen LogP contribution in [0.1, 0.15) is 19.4 Å². The van der Waals surface area contributed by atoms with Gasteiger partial charge in [-0.1, -0.05) is 23.7 Å². The SMILES string of the molecule is CC1(C)OCC(=O)[C@H]([C@]2(O)C(=O)Nc3c(Cl)cccc32)O1. The van der Waals surface area contributed by atoms with Gasteiger partial charge in [0.1, 0.15) is 6.61 Å². The molecule has 112 valence electrons. The van der Waals surface area contributed by atoms with E-state index >= 15 is 0 Å². The highest BCUT2D eigenvalue weighted by molar-refractivity contribution is 6.34. The van der Waals surface area contributed by atoms with Crippen molar-refractivity contribution in [2.24, 2.45) is 0 Å². The van der Waals surface area contributed by atoms with Crippen LogP contribution in [0.4, 0.5) is 5.69 Å². The third-order valence-corrected chi connectivity index (χ3v) is 3.96. The Kier molecular flexibility index (Phi) is 3.11. The van der Waals surface area contributed by atoms with Gasteiger partial charge in [-0.3, -0.25) is 9.59 Å². The first-order valence-corrected chi connectivity index (χ1v) is 6.81. The Labute approximate surface area is 126 Å². The summed E-state index contributed by atoms with van der Waals surface area (Å²) in [6.07, 6.45) is -1.35. The number of ketones is 1. The number of nitrogens with one attached hydrogen (secondary N) is 1. The second kappa shape index (κ2) is 4.51. The van der Waals surface area contributed by atoms with Gasteiger partial charge in [0.15, 0.2) is 17.7 Å². The quantitative estimate of drug-likeness (QED) is 0.814. The minimum atomic E-state index is -2.11. The lowest BCUT2D eigenvalue weighted by Crippen LogP contribution is -2.58. The van der Waals surface area contributed by atoms with Crippen molar-refractivity contribution >= 4 is 29.0 Å². The largest absolute Gasteiger partial charge is 0.373 e. The number of fused-ring (bicyclic) bond motifs is 1. The number of para-hydroxylation sites is 1. The number of carbonyl (C=O) groups is 2. The monoisotopic (exact) mass is 311 g/mol. The lowest BCUT2D eigenvalue weighted by Gasteiger charge is -2.40. The van der Waals surface area contributed by atoms with Crippen LogP contribution in [0.5, 0.6) is 0 Å². The molecule has 21 heavy (non-hydrogen) atoms. The van der Waals surface area contributed by atoms with Crippen LogP contribution in [0.25, 0.3) is 0 Å². The molecule has 0 unspecified atom stereocenters. The Morgan fingerprint density at radius 2 is 2.10 bits per heavy atom. The molecule has 7 heteroatoms. The Hall–Kier alpha value is -1.47. The Bertz CT molecular complexity index is 644. The Balaban J connectivity index is 2.11. The van der Waals surface area contributed by atoms with Crippen LogP contribution in [0.3, 0.4) is 0 Å². The van der Waals surface area contributed by atoms with E-state index in [0.29, 0.717) is 5.69 Å². The van der Waals surface area contributed by atoms with Crippen LogP contribution in [0.15, 0.2) is 18.2 Å². The summed E-state index contributed by atoms with van der Waals surface area (Å²) >= 11 is 6.02. The second-order valence-electron chi connectivity index (χ2n) is 5.54. The fourth-order valence-electron chi connectivity index (χ4n) is 2.58. The van der Waals surface area contributed by atoms with Crippen LogP contribution in [-0.4, -0.2) is 35.3 Å². The molecule has 2 aliphatic heterocycles. The first kappa shape index (κ1) is 14.5. The normalized spacial score (nSPS) is 31.0. The van der Waals surface area contributed by atoms with E-state index in [9.17, 15) is 14.7 Å². The zero-order valence-corrected chi connectivity index (χ0v) is 12.2. The van der Waals surface area contributed by atoms with Crippen LogP contribution >= 0.6 is 11.6 Å². The summed E-state index contributed by atoms with van der Waals surface area (Å²) in [6, 6.07) is 4.72. The molecule has 2 atom stereocenters. The van der Waals surface area contributed by atoms with E-state index < -0.39 is 29.2 Å². The molecule has 1 aromatic rings. The third kappa shape index (κ3) is 2.06. The summed E-state index contributed by atoms with van der Waals surface area (Å²) in [7, 11) is 0. The van der Waals surface area contributed by atoms with Gasteiger partial charge < -0.3 is 19.9 Å². The summed E-state index contributed by atoms with van der Waals surface area (Å²) in [4.78, 5) is 24.4. The van der Waals surface area contributed by atoms with Crippen molar-refractivity contribution in [3.63, 3.8) is 0 Å². The van der Waals surface area contributed by atoms with Gasteiger partial charge in [-0.25, -0.2) is 0 Å². The summed E-state index contributed by atoms with van der Waals surface area (Å²) in [6.45, 7) is 2.99. The van der Waals surface area contributed by atoms with Gasteiger partial charge in [0.05, 0.1) is 10.7 Å². The molecule has 0 spiro atoms. The number of aliphatic hydroxyl groups is 1. The van der Waals surface area contributed by atoms with Gasteiger partial charge in [-0.05, 0) is 19.9 Å². The highest BCUT2D eigenvalue weighted by atomic mass is 35.5. The fraction of sp³-hybridized carbons (Fsp3) is 0.429. The van der Waals surface area contributed by atoms with Crippen molar-refractivity contribution in [2.45, 2.75) is 31.3 Å². The maximum atomic E-state index is 12.3. The average molecular weight is 312 g/mol. The van der Waals surface area contributed by atoms with Gasteiger partial charge in [-0.2, -0.15) is 0 Å². The summed E-state index contributed by atoms with van der Waals surface area (Å²) in [5, 5.41) is 13.7. The molecule has 0 saturated carbocycles. The average Bonchev–Trinajstić information content (AvgIpc) is 2.68. The molecule has 2 N–H and O–H groups in total. The van der Waals surface area contributed by atoms with E-state index in [1.165, 1.54) is 6.07 Å². The lowest BCUT2D eigenvalue weighted by molar-refractivity contribution is -0.282. The number of anilines is 1. The molecule has 2 heterocycles. The van der Waals surface area contributed by atoms with E-state index in [0.717, 1.165) is 0 Å². The zero-order valence-electron chi connectivity index (χ0n) is 11.5. The number of ether oxygens (including phenoxy) is 2. The van der Waals surface area contributed by atoms with E-state index in [1.54, 1.807) is 26.0 Å². The van der Waals surface area contributed by atoms with Crippen molar-refractivity contribution in [3.05, 3.63) is 28.8 Å². The third-order valence-electron chi connectivity index (χ3n) is 3.64. The van der Waals surface area contributed by atoms with Crippen LogP contribution in [-0.2, 0) is 24.7 Å². The maximum Gasteiger partial charge on any atom is 0.264 e. The molecule has 6 nitrogen and oxygen atoms in total. The van der Waals surface area contributed by atoms with Crippen LogP contribution in [0.2, 0.25) is 5.02 Å². The second-order valence-corrected chi connectivity index (χ2v) is 5.94. The molecular formula is C14H14ClNO5. The molecule has 1 aromatic carbocycles. The molecule has 0 radical (unpaired) electrons. The van der Waals surface area contributed by atoms with Crippen molar-refractivity contribution < 1.29 is 24.2 Å². The Morgan fingerprint density at radius 3 is 2.81 bits per heavy atom. The molecule has 3 rings (SSSR count). The van der Waals surface area contributed by atoms with Crippen molar-refractivity contribution in [3.8, 4) is 0 Å². The van der Waals surface area contributed by atoms with Crippen LogP contribution in [0, 0.1) is 0 Å². The topological polar surface area (TPSA) is 84.9 Å². The van der Waals surface area contributed by atoms with Gasteiger partial charge in [0.25, 0.3) is 5.91 Å². The minimum Gasteiger partial charge on any atom is -0.373 e. The standard InChI is InChI=1S/C14H14ClNO5/c1-13(2)20-6-9(17)11(21-13)14(19)7-4-3-5-8(15)10(7)16-12(14)18/h3-5,11,19H,6H2,1-2H3,(H,16,18)/t11-,14+/m1/s1. The molecule has 1 fully saturated rings. The van der Waals surface area contributed by atoms with E-state index in [4.69, 9.17) is 21.1 Å². The van der Waals surface area contributed by atoms with Crippen molar-refractivity contribution in [2.75, 3.05) is 11.9 Å². The number of amides is 1. The number of halogens is 1. The number of Topliss-reactive ketones (excluding diaryl/α,β-unsaturated/α-hetero) is 1. The van der Waals surface area contributed by atoms with Gasteiger partial charge in [0, 0.05) is 5.56 Å². The molecule has 1 amide bonds. The van der Waals surface area contributed by atoms with E-state index in [-0.39, 0.29) is 17.2 Å². The van der Waals surface area contributed by atoms with Crippen molar-refractivity contribution in [1.29, 1.82) is 0 Å². The van der Waals surface area contributed by atoms with E-state index in [2.05, 4.69) is 5.32 Å².